The molecule has 0 radical (unpaired) electrons. The van der Waals surface area contributed by atoms with E-state index in [1.54, 1.807) is 12.1 Å². The Bertz CT molecular complexity index is 236. The molecular formula is C11H18ClNO. The molecule has 0 aliphatic rings. The molecule has 2 N–H and O–H groups in total. The summed E-state index contributed by atoms with van der Waals surface area (Å²) in [5, 5.41) is 12.4. The van der Waals surface area contributed by atoms with Crippen molar-refractivity contribution in [2.45, 2.75) is 26.3 Å². The number of benzene rings is 1. The van der Waals surface area contributed by atoms with Gasteiger partial charge in [0.15, 0.2) is 0 Å². The van der Waals surface area contributed by atoms with E-state index >= 15 is 0 Å². The zero-order chi connectivity index (χ0) is 9.52. The van der Waals surface area contributed by atoms with Gasteiger partial charge in [-0.1, -0.05) is 25.5 Å². The second-order valence-electron chi connectivity index (χ2n) is 3.20. The fourth-order valence-electron chi connectivity index (χ4n) is 1.15. The number of hydrogen-bond donors (Lipinski definition) is 2. The highest BCUT2D eigenvalue weighted by Gasteiger charge is 1.91. The highest BCUT2D eigenvalue weighted by molar-refractivity contribution is 5.85. The fraction of sp³-hybridized carbons (Fsp3) is 0.455. The first kappa shape index (κ1) is 13.3. The van der Waals surface area contributed by atoms with Crippen LogP contribution in [-0.2, 0) is 6.54 Å². The van der Waals surface area contributed by atoms with Crippen LogP contribution >= 0.6 is 12.4 Å². The van der Waals surface area contributed by atoms with Crippen molar-refractivity contribution in [1.29, 1.82) is 0 Å². The lowest BCUT2D eigenvalue weighted by Crippen LogP contribution is -2.14. The van der Waals surface area contributed by atoms with E-state index in [4.69, 9.17) is 5.11 Å². The molecule has 0 bridgehead atoms. The molecule has 2 nitrogen and oxygen atoms in total. The summed E-state index contributed by atoms with van der Waals surface area (Å²) in [5.41, 5.74) is 1.22. The van der Waals surface area contributed by atoms with E-state index in [0.29, 0.717) is 5.75 Å². The Labute approximate surface area is 91.8 Å². The molecule has 1 aromatic rings. The lowest BCUT2D eigenvalue weighted by molar-refractivity contribution is 0.475. The van der Waals surface area contributed by atoms with Crippen LogP contribution in [0.1, 0.15) is 25.3 Å². The lowest BCUT2D eigenvalue weighted by atomic mass is 10.2. The van der Waals surface area contributed by atoms with Gasteiger partial charge in [0, 0.05) is 6.54 Å². The quantitative estimate of drug-likeness (QED) is 0.741. The average Bonchev–Trinajstić information content (AvgIpc) is 2.15. The maximum Gasteiger partial charge on any atom is 0.115 e. The summed E-state index contributed by atoms with van der Waals surface area (Å²) in [6.45, 7) is 4.14. The van der Waals surface area contributed by atoms with E-state index in [1.807, 2.05) is 12.1 Å². The molecule has 1 aromatic carbocycles. The molecule has 0 aliphatic heterocycles. The zero-order valence-corrected chi connectivity index (χ0v) is 9.31. The molecule has 0 spiro atoms. The highest BCUT2D eigenvalue weighted by Crippen LogP contribution is 2.08. The topological polar surface area (TPSA) is 32.3 Å². The van der Waals surface area contributed by atoms with Crippen LogP contribution in [-0.4, -0.2) is 11.7 Å². The number of unbranched alkanes of at least 4 members (excludes halogenated alkanes) is 1. The molecule has 0 aliphatic carbocycles. The van der Waals surface area contributed by atoms with Gasteiger partial charge >= 0.3 is 0 Å². The maximum absolute atomic E-state index is 9.05. The van der Waals surface area contributed by atoms with Gasteiger partial charge in [0.1, 0.15) is 5.75 Å². The third-order valence-corrected chi connectivity index (χ3v) is 1.97. The lowest BCUT2D eigenvalue weighted by Gasteiger charge is -2.03. The molecular weight excluding hydrogens is 198 g/mol. The molecule has 0 atom stereocenters. The van der Waals surface area contributed by atoms with Gasteiger partial charge in [-0.3, -0.25) is 0 Å². The maximum atomic E-state index is 9.05. The van der Waals surface area contributed by atoms with Crippen molar-refractivity contribution >= 4 is 12.4 Å². The van der Waals surface area contributed by atoms with Crippen molar-refractivity contribution in [1.82, 2.24) is 5.32 Å². The second kappa shape index (κ2) is 7.65. The standard InChI is InChI=1S/C11H17NO.ClH/c1-2-3-8-12-9-10-4-6-11(13)7-5-10;/h4-7,12-13H,2-3,8-9H2,1H3;1H. The first-order chi connectivity index (χ1) is 6.33. The van der Waals surface area contributed by atoms with Crippen LogP contribution in [0.4, 0.5) is 0 Å². The van der Waals surface area contributed by atoms with Crippen LogP contribution in [0, 0.1) is 0 Å². The van der Waals surface area contributed by atoms with E-state index in [1.165, 1.54) is 18.4 Å². The molecule has 0 saturated heterocycles. The normalized spacial score (nSPS) is 9.50. The summed E-state index contributed by atoms with van der Waals surface area (Å²) in [7, 11) is 0. The number of nitrogens with one attached hydrogen (secondary N) is 1. The van der Waals surface area contributed by atoms with Gasteiger partial charge in [-0.2, -0.15) is 0 Å². The average molecular weight is 216 g/mol. The Balaban J connectivity index is 0.00000169. The predicted molar refractivity (Wildman–Crippen MR) is 62.0 cm³/mol. The molecule has 0 fully saturated rings. The number of phenols is 1. The van der Waals surface area contributed by atoms with Crippen LogP contribution in [0.5, 0.6) is 5.75 Å². The molecule has 3 heteroatoms. The van der Waals surface area contributed by atoms with E-state index in [0.717, 1.165) is 13.1 Å². The molecule has 0 saturated carbocycles. The number of rotatable bonds is 5. The van der Waals surface area contributed by atoms with Crippen molar-refractivity contribution in [2.75, 3.05) is 6.54 Å². The van der Waals surface area contributed by atoms with E-state index in [2.05, 4.69) is 12.2 Å². The van der Waals surface area contributed by atoms with E-state index in [9.17, 15) is 0 Å². The van der Waals surface area contributed by atoms with E-state index < -0.39 is 0 Å². The van der Waals surface area contributed by atoms with Crippen molar-refractivity contribution in [2.24, 2.45) is 0 Å². The molecule has 1 rings (SSSR count). The van der Waals surface area contributed by atoms with Crippen LogP contribution in [0.2, 0.25) is 0 Å². The van der Waals surface area contributed by atoms with Crippen molar-refractivity contribution < 1.29 is 5.11 Å². The van der Waals surface area contributed by atoms with Gasteiger partial charge in [-0.25, -0.2) is 0 Å². The summed E-state index contributed by atoms with van der Waals surface area (Å²) in [6, 6.07) is 7.32. The molecule has 14 heavy (non-hydrogen) atoms. The zero-order valence-electron chi connectivity index (χ0n) is 8.49. The number of phenolic OH excluding ortho intramolecular Hbond substituents is 1. The number of hydrogen-bond acceptors (Lipinski definition) is 2. The van der Waals surface area contributed by atoms with Gasteiger partial charge in [-0.05, 0) is 30.7 Å². The fourth-order valence-corrected chi connectivity index (χ4v) is 1.15. The highest BCUT2D eigenvalue weighted by atomic mass is 35.5. The van der Waals surface area contributed by atoms with Crippen molar-refractivity contribution in [3.05, 3.63) is 29.8 Å². The van der Waals surface area contributed by atoms with Gasteiger partial charge in [0.25, 0.3) is 0 Å². The monoisotopic (exact) mass is 215 g/mol. The summed E-state index contributed by atoms with van der Waals surface area (Å²) < 4.78 is 0. The van der Waals surface area contributed by atoms with Crippen LogP contribution < -0.4 is 5.32 Å². The minimum Gasteiger partial charge on any atom is -0.508 e. The Morgan fingerprint density at radius 2 is 1.86 bits per heavy atom. The molecule has 80 valence electrons. The minimum atomic E-state index is 0. The van der Waals surface area contributed by atoms with Gasteiger partial charge in [0.05, 0.1) is 0 Å². The largest absolute Gasteiger partial charge is 0.508 e. The summed E-state index contributed by atoms with van der Waals surface area (Å²) >= 11 is 0. The summed E-state index contributed by atoms with van der Waals surface area (Å²) in [5.74, 6) is 0.331. The minimum absolute atomic E-state index is 0. The summed E-state index contributed by atoms with van der Waals surface area (Å²) in [6.07, 6.45) is 2.45. The molecule has 0 unspecified atom stereocenters. The Kier molecular flexibility index (Phi) is 7.25. The van der Waals surface area contributed by atoms with Crippen LogP contribution in [0.3, 0.4) is 0 Å². The van der Waals surface area contributed by atoms with E-state index in [-0.39, 0.29) is 12.4 Å². The van der Waals surface area contributed by atoms with Crippen LogP contribution in [0.25, 0.3) is 0 Å². The SMILES string of the molecule is CCCCNCc1ccc(O)cc1.Cl. The van der Waals surface area contributed by atoms with Crippen LogP contribution in [0.15, 0.2) is 24.3 Å². The third kappa shape index (κ3) is 5.10. The smallest absolute Gasteiger partial charge is 0.115 e. The first-order valence-corrected chi connectivity index (χ1v) is 4.81. The predicted octanol–water partition coefficient (Wildman–Crippen LogP) is 2.70. The second-order valence-corrected chi connectivity index (χ2v) is 3.20. The number of halogens is 1. The Hall–Kier alpha value is -0.730. The third-order valence-electron chi connectivity index (χ3n) is 1.97. The molecule has 0 heterocycles. The van der Waals surface area contributed by atoms with Crippen molar-refractivity contribution in [3.63, 3.8) is 0 Å². The Morgan fingerprint density at radius 1 is 1.21 bits per heavy atom. The van der Waals surface area contributed by atoms with Crippen molar-refractivity contribution in [3.8, 4) is 5.75 Å². The van der Waals surface area contributed by atoms with Gasteiger partial charge < -0.3 is 10.4 Å². The first-order valence-electron chi connectivity index (χ1n) is 4.81. The molecule has 0 aromatic heterocycles. The van der Waals surface area contributed by atoms with Gasteiger partial charge in [0.2, 0.25) is 0 Å². The number of aromatic hydroxyl groups is 1. The van der Waals surface area contributed by atoms with Gasteiger partial charge in [-0.15, -0.1) is 12.4 Å². The molecule has 0 amide bonds. The summed E-state index contributed by atoms with van der Waals surface area (Å²) in [4.78, 5) is 0. The Morgan fingerprint density at radius 3 is 2.43 bits per heavy atom.